The molecule has 1 amide bonds. The number of ether oxygens (including phenoxy) is 2. The number of aromatic hydroxyl groups is 2. The van der Waals surface area contributed by atoms with Gasteiger partial charge >= 0.3 is 0 Å². The van der Waals surface area contributed by atoms with E-state index in [9.17, 15) is 15.0 Å². The van der Waals surface area contributed by atoms with Gasteiger partial charge in [0.2, 0.25) is 0 Å². The van der Waals surface area contributed by atoms with E-state index in [0.29, 0.717) is 54.4 Å². The number of carbonyl (C=O) groups excluding carboxylic acids is 1. The highest BCUT2D eigenvalue weighted by Crippen LogP contribution is 2.46. The van der Waals surface area contributed by atoms with Gasteiger partial charge < -0.3 is 24.6 Å². The number of fused-ring (bicyclic) bond motifs is 1. The Hall–Kier alpha value is -3.52. The number of carbonyl (C=O) groups is 1. The maximum atomic E-state index is 13.5. The first-order chi connectivity index (χ1) is 16.3. The van der Waals surface area contributed by atoms with Gasteiger partial charge in [0, 0.05) is 24.3 Å². The Labute approximate surface area is 199 Å². The molecular weight excluding hydrogens is 434 g/mol. The summed E-state index contributed by atoms with van der Waals surface area (Å²) in [6.45, 7) is 9.15. The van der Waals surface area contributed by atoms with Crippen LogP contribution in [0, 0.1) is 6.92 Å². The lowest BCUT2D eigenvalue weighted by Gasteiger charge is -2.27. The van der Waals surface area contributed by atoms with E-state index in [4.69, 9.17) is 9.47 Å². The molecular formula is C26H31N3O5. The monoisotopic (exact) mass is 465 g/mol. The summed E-state index contributed by atoms with van der Waals surface area (Å²) in [6.07, 6.45) is 0.781. The molecule has 0 bridgehead atoms. The first kappa shape index (κ1) is 23.6. The Morgan fingerprint density at radius 3 is 2.65 bits per heavy atom. The molecule has 4 rings (SSSR count). The number of aromatic amines is 1. The van der Waals surface area contributed by atoms with Crippen LogP contribution in [-0.4, -0.2) is 57.1 Å². The van der Waals surface area contributed by atoms with Crippen LogP contribution in [0.15, 0.2) is 36.4 Å². The van der Waals surface area contributed by atoms with Crippen molar-refractivity contribution in [1.82, 2.24) is 15.1 Å². The fraction of sp³-hybridized carbons (Fsp3) is 0.385. The Morgan fingerprint density at radius 1 is 1.15 bits per heavy atom. The summed E-state index contributed by atoms with van der Waals surface area (Å²) in [5, 5.41) is 28.1. The van der Waals surface area contributed by atoms with Crippen LogP contribution in [0.1, 0.15) is 60.4 Å². The highest BCUT2D eigenvalue weighted by atomic mass is 16.5. The van der Waals surface area contributed by atoms with Crippen molar-refractivity contribution in [3.05, 3.63) is 58.8 Å². The molecule has 0 aliphatic carbocycles. The van der Waals surface area contributed by atoms with Crippen LogP contribution in [0.5, 0.6) is 17.2 Å². The number of benzene rings is 2. The molecule has 1 atom stereocenters. The lowest BCUT2D eigenvalue weighted by Crippen LogP contribution is -2.31. The van der Waals surface area contributed by atoms with Crippen LogP contribution in [0.2, 0.25) is 0 Å². The van der Waals surface area contributed by atoms with Crippen molar-refractivity contribution in [2.45, 2.75) is 46.3 Å². The summed E-state index contributed by atoms with van der Waals surface area (Å²) in [5.74, 6) is 0.320. The molecule has 1 aliphatic rings. The number of amides is 1. The number of phenols is 2. The van der Waals surface area contributed by atoms with E-state index in [-0.39, 0.29) is 23.5 Å². The van der Waals surface area contributed by atoms with Crippen LogP contribution >= 0.6 is 0 Å². The Kier molecular flexibility index (Phi) is 6.79. The minimum absolute atomic E-state index is 0.0378. The first-order valence-electron chi connectivity index (χ1n) is 11.6. The molecule has 0 saturated carbocycles. The number of rotatable bonds is 9. The van der Waals surface area contributed by atoms with Gasteiger partial charge in [0.25, 0.3) is 5.91 Å². The van der Waals surface area contributed by atoms with Gasteiger partial charge in [0.1, 0.15) is 17.1 Å². The average molecular weight is 466 g/mol. The van der Waals surface area contributed by atoms with Crippen LogP contribution < -0.4 is 4.74 Å². The third-order valence-electron chi connectivity index (χ3n) is 5.86. The number of nitrogens with one attached hydrogen (secondary N) is 1. The average Bonchev–Trinajstić information content (AvgIpc) is 3.34. The lowest BCUT2D eigenvalue weighted by molar-refractivity contribution is 0.0601. The lowest BCUT2D eigenvalue weighted by atomic mass is 9.94. The molecule has 1 aromatic heterocycles. The zero-order valence-electron chi connectivity index (χ0n) is 20.0. The molecule has 8 heteroatoms. The predicted molar refractivity (Wildman–Crippen MR) is 128 cm³/mol. The number of nitrogens with zero attached hydrogens (tertiary/aromatic N) is 2. The Balaban J connectivity index is 1.80. The molecule has 2 heterocycles. The van der Waals surface area contributed by atoms with Gasteiger partial charge in [-0.1, -0.05) is 17.7 Å². The normalized spacial score (nSPS) is 15.3. The number of aryl methyl sites for hydroxylation is 1. The molecule has 3 aromatic rings. The molecule has 34 heavy (non-hydrogen) atoms. The number of phenolic OH excluding ortho intramolecular Hbond substituents is 2. The summed E-state index contributed by atoms with van der Waals surface area (Å²) in [5.41, 5.74) is 3.94. The zero-order valence-corrected chi connectivity index (χ0v) is 20.0. The van der Waals surface area contributed by atoms with Crippen molar-refractivity contribution in [2.24, 2.45) is 0 Å². The van der Waals surface area contributed by atoms with Gasteiger partial charge in [-0.3, -0.25) is 9.89 Å². The predicted octanol–water partition coefficient (Wildman–Crippen LogP) is 4.56. The number of hydrogen-bond acceptors (Lipinski definition) is 6. The van der Waals surface area contributed by atoms with Gasteiger partial charge in [0.05, 0.1) is 18.8 Å². The standard InChI is InChI=1S/C26H31N3O5/c1-5-33-21-14-17(8-10-20(21)31)25-22-23(18-13-16(4)7-9-19(18)30)27-28-24(22)26(32)29(25)11-6-12-34-15(2)3/h7-10,13-15,25,30-31H,5-6,11-12H2,1-4H3,(H,27,28)/t25-/m0/s1. The second-order valence-corrected chi connectivity index (χ2v) is 8.72. The Bertz CT molecular complexity index is 1190. The van der Waals surface area contributed by atoms with E-state index in [1.165, 1.54) is 0 Å². The molecule has 0 radical (unpaired) electrons. The topological polar surface area (TPSA) is 108 Å². The van der Waals surface area contributed by atoms with E-state index >= 15 is 0 Å². The maximum Gasteiger partial charge on any atom is 0.273 e. The third kappa shape index (κ3) is 4.46. The number of aromatic nitrogens is 2. The van der Waals surface area contributed by atoms with Gasteiger partial charge in [-0.05, 0) is 63.9 Å². The summed E-state index contributed by atoms with van der Waals surface area (Å²) < 4.78 is 11.3. The molecule has 0 saturated heterocycles. The molecule has 2 aromatic carbocycles. The molecule has 1 aliphatic heterocycles. The fourth-order valence-electron chi connectivity index (χ4n) is 4.34. The van der Waals surface area contributed by atoms with Crippen LogP contribution in [0.4, 0.5) is 0 Å². The van der Waals surface area contributed by atoms with E-state index in [2.05, 4.69) is 10.2 Å². The Morgan fingerprint density at radius 2 is 1.91 bits per heavy atom. The van der Waals surface area contributed by atoms with Crippen molar-refractivity contribution in [3.63, 3.8) is 0 Å². The van der Waals surface area contributed by atoms with Crippen LogP contribution in [0.25, 0.3) is 11.3 Å². The molecule has 3 N–H and O–H groups in total. The minimum atomic E-state index is -0.463. The van der Waals surface area contributed by atoms with Crippen molar-refractivity contribution in [1.29, 1.82) is 0 Å². The first-order valence-corrected chi connectivity index (χ1v) is 11.6. The second-order valence-electron chi connectivity index (χ2n) is 8.72. The van der Waals surface area contributed by atoms with E-state index in [1.807, 2.05) is 39.8 Å². The summed E-state index contributed by atoms with van der Waals surface area (Å²) in [4.78, 5) is 15.2. The smallest absolute Gasteiger partial charge is 0.273 e. The maximum absolute atomic E-state index is 13.5. The van der Waals surface area contributed by atoms with Crippen LogP contribution in [-0.2, 0) is 4.74 Å². The molecule has 8 nitrogen and oxygen atoms in total. The largest absolute Gasteiger partial charge is 0.507 e. The number of H-pyrrole nitrogens is 1. The molecule has 180 valence electrons. The molecule has 0 unspecified atom stereocenters. The van der Waals surface area contributed by atoms with E-state index in [1.54, 1.807) is 29.2 Å². The summed E-state index contributed by atoms with van der Waals surface area (Å²) in [6, 6.07) is 9.97. The molecule has 0 spiro atoms. The third-order valence-corrected chi connectivity index (χ3v) is 5.86. The van der Waals surface area contributed by atoms with E-state index in [0.717, 1.165) is 11.1 Å². The van der Waals surface area contributed by atoms with Gasteiger partial charge in [-0.25, -0.2) is 0 Å². The summed E-state index contributed by atoms with van der Waals surface area (Å²) in [7, 11) is 0. The van der Waals surface area contributed by atoms with Gasteiger partial charge in [-0.2, -0.15) is 5.10 Å². The van der Waals surface area contributed by atoms with Gasteiger partial charge in [0.15, 0.2) is 11.5 Å². The van der Waals surface area contributed by atoms with Crippen LogP contribution in [0.3, 0.4) is 0 Å². The highest BCUT2D eigenvalue weighted by molar-refractivity contribution is 6.00. The SMILES string of the molecule is CCOc1cc([C@H]2c3c(-c4cc(C)ccc4O)n[nH]c3C(=O)N2CCCOC(C)C)ccc1O. The van der Waals surface area contributed by atoms with Crippen molar-refractivity contribution in [3.8, 4) is 28.5 Å². The fourth-order valence-corrected chi connectivity index (χ4v) is 4.34. The van der Waals surface area contributed by atoms with Crippen molar-refractivity contribution < 1.29 is 24.5 Å². The zero-order chi connectivity index (χ0) is 24.4. The number of hydrogen-bond donors (Lipinski definition) is 3. The minimum Gasteiger partial charge on any atom is -0.507 e. The highest BCUT2D eigenvalue weighted by Gasteiger charge is 2.42. The van der Waals surface area contributed by atoms with E-state index < -0.39 is 6.04 Å². The second kappa shape index (κ2) is 9.77. The van der Waals surface area contributed by atoms with Crippen molar-refractivity contribution in [2.75, 3.05) is 19.8 Å². The summed E-state index contributed by atoms with van der Waals surface area (Å²) >= 11 is 0. The quantitative estimate of drug-likeness (QED) is 0.400. The molecule has 0 fully saturated rings. The van der Waals surface area contributed by atoms with Gasteiger partial charge in [-0.15, -0.1) is 0 Å². The van der Waals surface area contributed by atoms with Crippen molar-refractivity contribution >= 4 is 5.91 Å².